The van der Waals surface area contributed by atoms with Crippen molar-refractivity contribution in [2.75, 3.05) is 13.2 Å². The molecular formula is C22H22F2N10O8P2S2. The van der Waals surface area contributed by atoms with E-state index in [1.165, 1.54) is 45.3 Å². The Morgan fingerprint density at radius 3 is 2.17 bits per heavy atom. The molecule has 8 heterocycles. The predicted molar refractivity (Wildman–Crippen MR) is 156 cm³/mol. The van der Waals surface area contributed by atoms with Crippen LogP contribution in [-0.4, -0.2) is 104 Å². The van der Waals surface area contributed by atoms with Crippen molar-refractivity contribution in [3.8, 4) is 0 Å². The number of rotatable bonds is 2. The van der Waals surface area contributed by atoms with E-state index in [1.807, 2.05) is 0 Å². The van der Waals surface area contributed by atoms with Crippen LogP contribution in [0.25, 0.3) is 28.0 Å². The monoisotopic (exact) mass is 718 g/mol. The summed E-state index contributed by atoms with van der Waals surface area (Å²) >= 11 is 9.24. The first-order chi connectivity index (χ1) is 22.0. The van der Waals surface area contributed by atoms with Crippen LogP contribution < -0.4 is 0 Å². The third kappa shape index (κ3) is 5.16. The molecule has 0 spiro atoms. The Balaban J connectivity index is 1.08. The number of hydrogen-bond donors (Lipinski definition) is 2. The minimum absolute atomic E-state index is 0.218. The van der Waals surface area contributed by atoms with Crippen LogP contribution in [-0.2, 0) is 43.9 Å². The largest absolute Gasteiger partial charge is 0.386 e. The Morgan fingerprint density at radius 1 is 0.848 bits per heavy atom. The molecule has 3 aliphatic heterocycles. The van der Waals surface area contributed by atoms with Gasteiger partial charge in [-0.25, -0.2) is 47.8 Å². The fourth-order valence-electron chi connectivity index (χ4n) is 5.65. The van der Waals surface area contributed by atoms with Gasteiger partial charge in [0.15, 0.2) is 47.3 Å². The van der Waals surface area contributed by atoms with Crippen molar-refractivity contribution >= 4 is 65.5 Å². The molecule has 0 amide bonds. The molecule has 3 aliphatic rings. The lowest BCUT2D eigenvalue weighted by Crippen LogP contribution is -2.37. The van der Waals surface area contributed by atoms with Crippen molar-refractivity contribution in [3.63, 3.8) is 0 Å². The number of hydrogen-bond acceptors (Lipinski definition) is 15. The maximum absolute atomic E-state index is 16.1. The van der Waals surface area contributed by atoms with Gasteiger partial charge in [0.05, 0.1) is 31.6 Å². The second kappa shape index (κ2) is 11.2. The van der Waals surface area contributed by atoms with Gasteiger partial charge in [-0.05, 0) is 18.7 Å². The second-order valence-corrected chi connectivity index (χ2v) is 16.2. The highest BCUT2D eigenvalue weighted by molar-refractivity contribution is 8.44. The van der Waals surface area contributed by atoms with E-state index in [4.69, 9.17) is 39.4 Å². The van der Waals surface area contributed by atoms with Crippen molar-refractivity contribution in [1.82, 2.24) is 48.7 Å². The molecule has 8 rings (SSSR count). The number of ether oxygens (including phenoxy) is 2. The molecular weight excluding hydrogens is 696 g/mol. The Kier molecular flexibility index (Phi) is 7.50. The molecule has 5 aromatic rings. The van der Waals surface area contributed by atoms with Gasteiger partial charge in [-0.15, -0.1) is 0 Å². The minimum Gasteiger partial charge on any atom is -0.346 e. The third-order valence-corrected chi connectivity index (χ3v) is 11.0. The smallest absolute Gasteiger partial charge is 0.346 e. The van der Waals surface area contributed by atoms with Gasteiger partial charge in [0.25, 0.3) is 0 Å². The van der Waals surface area contributed by atoms with Gasteiger partial charge < -0.3 is 18.9 Å². The van der Waals surface area contributed by atoms with Crippen molar-refractivity contribution in [3.05, 3.63) is 37.3 Å². The highest BCUT2D eigenvalue weighted by Gasteiger charge is 2.54. The van der Waals surface area contributed by atoms with Gasteiger partial charge in [0, 0.05) is 0 Å². The minimum atomic E-state index is -4.36. The van der Waals surface area contributed by atoms with Gasteiger partial charge >= 0.3 is 13.5 Å². The lowest BCUT2D eigenvalue weighted by molar-refractivity contribution is -0.0564. The van der Waals surface area contributed by atoms with E-state index in [1.54, 1.807) is 6.92 Å². The van der Waals surface area contributed by atoms with E-state index in [-0.39, 0.29) is 11.3 Å². The summed E-state index contributed by atoms with van der Waals surface area (Å²) in [6.45, 7) is -8.10. The molecule has 0 aromatic carbocycles. The van der Waals surface area contributed by atoms with Crippen LogP contribution in [0.5, 0.6) is 0 Å². The molecule has 2 unspecified atom stereocenters. The number of fused-ring (bicyclic) bond motifs is 6. The molecule has 0 radical (unpaired) electrons. The molecule has 46 heavy (non-hydrogen) atoms. The van der Waals surface area contributed by atoms with E-state index in [0.29, 0.717) is 22.4 Å². The first-order valence-electron chi connectivity index (χ1n) is 13.6. The van der Waals surface area contributed by atoms with E-state index in [9.17, 15) is 9.46 Å². The number of thiol groups is 1. The fraction of sp³-hybridized carbons (Fsp3) is 0.500. The number of nitrogens with zero attached hydrogens (tertiary/aromatic N) is 10. The molecule has 0 aliphatic carbocycles. The molecule has 244 valence electrons. The molecule has 3 saturated heterocycles. The molecule has 0 bridgehead atoms. The average Bonchev–Trinajstić information content (AvgIpc) is 3.83. The number of aryl methyl sites for hydroxylation is 1. The Morgan fingerprint density at radius 2 is 1.46 bits per heavy atom. The second-order valence-electron chi connectivity index (χ2n) is 10.6. The summed E-state index contributed by atoms with van der Waals surface area (Å²) < 4.78 is 83.6. The topological polar surface area (TPSA) is 197 Å². The summed E-state index contributed by atoms with van der Waals surface area (Å²) in [5, 5.41) is 4.01. The van der Waals surface area contributed by atoms with Crippen molar-refractivity contribution in [2.45, 2.75) is 56.1 Å². The fourth-order valence-corrected chi connectivity index (χ4v) is 8.57. The number of halogens is 2. The molecule has 18 nitrogen and oxygen atoms in total. The Bertz CT molecular complexity index is 2070. The van der Waals surface area contributed by atoms with Crippen LogP contribution in [0.3, 0.4) is 0 Å². The third-order valence-electron chi connectivity index (χ3n) is 7.78. The molecule has 3 fully saturated rings. The summed E-state index contributed by atoms with van der Waals surface area (Å²) in [5.74, 6) is 0. The zero-order chi connectivity index (χ0) is 32.0. The van der Waals surface area contributed by atoms with Gasteiger partial charge in [-0.2, -0.15) is 5.10 Å². The standard InChI is InChI=1S/C22H22F2N10O8P2S2/c1-9-14-18(26-4-25-9)32(6-28-14)21-12(23)16-10(39-21)2-37-44(36,46)42-17-11(3-38-43(35,45)41-16)40-22(13(17)24)33-7-29-15-19(33)30-8-34-20(15)27-5-31-34/h4-8,10-13,16-17,21-22H,2-3H2,1H3,(H,35,45)(H,36,46)/t10-,11-,12-,13-,16-,17-,21-,22-,43?,44?/m1/s1. The van der Waals surface area contributed by atoms with Gasteiger partial charge in [-0.3, -0.25) is 22.7 Å². The Labute approximate surface area is 266 Å². The molecule has 24 heteroatoms. The van der Waals surface area contributed by atoms with E-state index < -0.39 is 75.9 Å². The van der Waals surface area contributed by atoms with Gasteiger partial charge in [0.1, 0.15) is 48.9 Å². The van der Waals surface area contributed by atoms with E-state index >= 15 is 8.78 Å². The lowest BCUT2D eigenvalue weighted by Gasteiger charge is -2.29. The summed E-state index contributed by atoms with van der Waals surface area (Å²) in [5.41, 5.74) is 2.16. The Hall–Kier alpha value is -2.62. The average molecular weight is 719 g/mol. The lowest BCUT2D eigenvalue weighted by atomic mass is 10.1. The maximum atomic E-state index is 16.1. The van der Waals surface area contributed by atoms with Gasteiger partial charge in [0.2, 0.25) is 0 Å². The number of aromatic nitrogens is 10. The maximum Gasteiger partial charge on any atom is 0.386 e. The van der Waals surface area contributed by atoms with Crippen LogP contribution >= 0.6 is 25.8 Å². The molecule has 0 saturated carbocycles. The highest BCUT2D eigenvalue weighted by atomic mass is 32.7. The zero-order valence-corrected chi connectivity index (χ0v) is 26.7. The van der Waals surface area contributed by atoms with E-state index in [2.05, 4.69) is 47.3 Å². The molecule has 1 N–H and O–H groups in total. The van der Waals surface area contributed by atoms with Crippen LogP contribution in [0.4, 0.5) is 8.78 Å². The summed E-state index contributed by atoms with van der Waals surface area (Å²) in [4.78, 5) is 36.2. The van der Waals surface area contributed by atoms with E-state index in [0.717, 1.165) is 0 Å². The van der Waals surface area contributed by atoms with Crippen molar-refractivity contribution < 1.29 is 45.8 Å². The van der Waals surface area contributed by atoms with Crippen LogP contribution in [0.15, 0.2) is 31.6 Å². The molecule has 10 atom stereocenters. The first kappa shape index (κ1) is 30.7. The highest BCUT2D eigenvalue weighted by Crippen LogP contribution is 2.58. The first-order valence-corrected chi connectivity index (χ1v) is 18.8. The number of alkyl halides is 2. The summed E-state index contributed by atoms with van der Waals surface area (Å²) in [6, 6.07) is 0. The van der Waals surface area contributed by atoms with Gasteiger partial charge in [-0.1, -0.05) is 12.2 Å². The van der Waals surface area contributed by atoms with Crippen molar-refractivity contribution in [2.24, 2.45) is 0 Å². The SMILES string of the molecule is Cc1ncnc2c1ncn2[C@@H]1O[C@@H]2COP(O)(=S)O[C@H]3[C@@H](F)[C@H](n4cnc5c4ncn4ncnc54)O[C@@H]3COP(=O)(S)O[C@H]2[C@H]1F. The summed E-state index contributed by atoms with van der Waals surface area (Å²) in [6.07, 6.45) is -5.92. The van der Waals surface area contributed by atoms with Crippen molar-refractivity contribution in [1.29, 1.82) is 0 Å². The number of imidazole rings is 2. The molecule has 5 aromatic heterocycles. The quantitative estimate of drug-likeness (QED) is 0.199. The summed E-state index contributed by atoms with van der Waals surface area (Å²) in [7, 11) is 0. The zero-order valence-electron chi connectivity index (χ0n) is 23.2. The van der Waals surface area contributed by atoms with Crippen LogP contribution in [0, 0.1) is 6.92 Å². The van der Waals surface area contributed by atoms with Crippen LogP contribution in [0.2, 0.25) is 0 Å². The van der Waals surface area contributed by atoms with Crippen LogP contribution in [0.1, 0.15) is 18.1 Å². The normalized spacial score (nSPS) is 37.3. The predicted octanol–water partition coefficient (Wildman–Crippen LogP) is 2.17.